The molecule has 0 amide bonds. The van der Waals surface area contributed by atoms with Crippen LogP contribution >= 0.6 is 11.8 Å². The fraction of sp³-hybridized carbons (Fsp3) is 0.190. The van der Waals surface area contributed by atoms with Crippen molar-refractivity contribution in [3.8, 4) is 6.07 Å². The van der Waals surface area contributed by atoms with Crippen molar-refractivity contribution in [3.05, 3.63) is 70.8 Å². The molecular formula is C21H18N2O3S. The number of carbonyl (C=O) groups is 2. The van der Waals surface area contributed by atoms with Crippen LogP contribution in [0.1, 0.15) is 12.0 Å². The van der Waals surface area contributed by atoms with Crippen LogP contribution in [0.4, 0.5) is 5.69 Å². The Morgan fingerprint density at radius 1 is 1.11 bits per heavy atom. The molecule has 2 aromatic carbocycles. The number of ketones is 1. The minimum atomic E-state index is -0.493. The van der Waals surface area contributed by atoms with Gasteiger partial charge in [0.2, 0.25) is 5.78 Å². The molecule has 0 fully saturated rings. The van der Waals surface area contributed by atoms with Gasteiger partial charge in [0.25, 0.3) is 0 Å². The molecule has 0 saturated heterocycles. The SMILES string of the molecule is CN1/C(=C(\C#N)C(=O)COC(=O)CCc2ccccc2)Sc2ccccc21. The van der Waals surface area contributed by atoms with E-state index < -0.39 is 18.4 Å². The molecule has 0 spiro atoms. The van der Waals surface area contributed by atoms with Crippen LogP contribution in [0.25, 0.3) is 0 Å². The predicted molar refractivity (Wildman–Crippen MR) is 104 cm³/mol. The summed E-state index contributed by atoms with van der Waals surface area (Å²) < 4.78 is 5.08. The van der Waals surface area contributed by atoms with Crippen molar-refractivity contribution in [1.29, 1.82) is 5.26 Å². The van der Waals surface area contributed by atoms with Gasteiger partial charge in [0.15, 0.2) is 6.61 Å². The van der Waals surface area contributed by atoms with Crippen molar-refractivity contribution in [3.63, 3.8) is 0 Å². The molecule has 3 rings (SSSR count). The van der Waals surface area contributed by atoms with Gasteiger partial charge in [-0.15, -0.1) is 0 Å². The van der Waals surface area contributed by atoms with Gasteiger partial charge in [-0.3, -0.25) is 9.59 Å². The van der Waals surface area contributed by atoms with E-state index in [1.165, 1.54) is 11.8 Å². The van der Waals surface area contributed by atoms with Crippen LogP contribution in [0.2, 0.25) is 0 Å². The highest BCUT2D eigenvalue weighted by molar-refractivity contribution is 8.03. The van der Waals surface area contributed by atoms with Gasteiger partial charge in [0.1, 0.15) is 16.7 Å². The minimum absolute atomic E-state index is 0.00885. The van der Waals surface area contributed by atoms with E-state index in [9.17, 15) is 14.9 Å². The lowest BCUT2D eigenvalue weighted by Gasteiger charge is -2.14. The number of Topliss-reactive ketones (excluding diaryl/α,β-unsaturated/α-hetero) is 1. The Labute approximate surface area is 162 Å². The van der Waals surface area contributed by atoms with Gasteiger partial charge >= 0.3 is 5.97 Å². The number of hydrogen-bond donors (Lipinski definition) is 0. The second-order valence-electron chi connectivity index (χ2n) is 5.99. The topological polar surface area (TPSA) is 70.4 Å². The number of nitriles is 1. The molecule has 0 atom stereocenters. The Kier molecular flexibility index (Phi) is 5.94. The normalized spacial score (nSPS) is 14.3. The zero-order valence-electron chi connectivity index (χ0n) is 14.8. The molecule has 1 heterocycles. The number of aryl methyl sites for hydroxylation is 1. The summed E-state index contributed by atoms with van der Waals surface area (Å²) in [5, 5.41) is 10.0. The molecule has 2 aromatic rings. The molecule has 5 nitrogen and oxygen atoms in total. The zero-order valence-corrected chi connectivity index (χ0v) is 15.7. The number of carbonyl (C=O) groups excluding carboxylic acids is 2. The highest BCUT2D eigenvalue weighted by atomic mass is 32.2. The third-order valence-electron chi connectivity index (χ3n) is 4.17. The predicted octanol–water partition coefficient (Wildman–Crippen LogP) is 3.71. The minimum Gasteiger partial charge on any atom is -0.457 e. The quantitative estimate of drug-likeness (QED) is 0.434. The number of esters is 1. The molecule has 0 aromatic heterocycles. The van der Waals surface area contributed by atoms with E-state index in [-0.39, 0.29) is 12.0 Å². The van der Waals surface area contributed by atoms with Crippen molar-refractivity contribution in [2.24, 2.45) is 0 Å². The first-order valence-corrected chi connectivity index (χ1v) is 9.29. The maximum Gasteiger partial charge on any atom is 0.306 e. The summed E-state index contributed by atoms with van der Waals surface area (Å²) in [6, 6.07) is 19.2. The highest BCUT2D eigenvalue weighted by Crippen LogP contribution is 2.46. The standard InChI is InChI=1S/C21H18N2O3S/c1-23-17-9-5-6-10-19(17)27-21(23)16(13-22)18(24)14-26-20(25)12-11-15-7-3-2-4-8-15/h2-10H,11-12,14H2,1H3/b21-16-. The lowest BCUT2D eigenvalue weighted by Crippen LogP contribution is -2.20. The van der Waals surface area contributed by atoms with Gasteiger partial charge in [0.05, 0.1) is 5.69 Å². The van der Waals surface area contributed by atoms with E-state index in [1.54, 1.807) is 0 Å². The zero-order chi connectivity index (χ0) is 19.2. The van der Waals surface area contributed by atoms with Gasteiger partial charge < -0.3 is 9.64 Å². The Bertz CT molecular complexity index is 932. The maximum absolute atomic E-state index is 12.4. The van der Waals surface area contributed by atoms with E-state index in [4.69, 9.17) is 4.74 Å². The molecule has 27 heavy (non-hydrogen) atoms. The lowest BCUT2D eigenvalue weighted by molar-refractivity contribution is -0.147. The molecule has 0 N–H and O–H groups in total. The summed E-state index contributed by atoms with van der Waals surface area (Å²) in [5.74, 6) is -0.946. The van der Waals surface area contributed by atoms with Crippen molar-refractivity contribution in [1.82, 2.24) is 0 Å². The first-order valence-electron chi connectivity index (χ1n) is 8.48. The molecule has 0 saturated carbocycles. The molecule has 1 aliphatic rings. The number of benzene rings is 2. The smallest absolute Gasteiger partial charge is 0.306 e. The molecule has 1 aliphatic heterocycles. The van der Waals surface area contributed by atoms with E-state index in [1.807, 2.05) is 72.6 Å². The molecule has 0 aliphatic carbocycles. The van der Waals surface area contributed by atoms with Crippen LogP contribution in [0, 0.1) is 11.3 Å². The summed E-state index contributed by atoms with van der Waals surface area (Å²) in [7, 11) is 1.81. The van der Waals surface area contributed by atoms with Gasteiger partial charge in [0, 0.05) is 18.4 Å². The Hall–Kier alpha value is -3.04. The fourth-order valence-corrected chi connectivity index (χ4v) is 3.89. The van der Waals surface area contributed by atoms with E-state index in [0.29, 0.717) is 11.4 Å². The number of fused-ring (bicyclic) bond motifs is 1. The van der Waals surface area contributed by atoms with E-state index in [0.717, 1.165) is 16.1 Å². The molecule has 0 radical (unpaired) electrons. The van der Waals surface area contributed by atoms with Crippen molar-refractivity contribution in [2.45, 2.75) is 17.7 Å². The number of hydrogen-bond acceptors (Lipinski definition) is 6. The number of nitrogens with zero attached hydrogens (tertiary/aromatic N) is 2. The van der Waals surface area contributed by atoms with E-state index >= 15 is 0 Å². The van der Waals surface area contributed by atoms with Crippen LogP contribution in [0.15, 0.2) is 70.1 Å². The average molecular weight is 378 g/mol. The molecular weight excluding hydrogens is 360 g/mol. The molecule has 0 bridgehead atoms. The van der Waals surface area contributed by atoms with Gasteiger partial charge in [-0.2, -0.15) is 5.26 Å². The van der Waals surface area contributed by atoms with Crippen molar-refractivity contribution < 1.29 is 14.3 Å². The van der Waals surface area contributed by atoms with Gasteiger partial charge in [-0.25, -0.2) is 0 Å². The highest BCUT2D eigenvalue weighted by Gasteiger charge is 2.28. The molecule has 6 heteroatoms. The summed E-state index contributed by atoms with van der Waals surface area (Å²) in [6.45, 7) is -0.426. The summed E-state index contributed by atoms with van der Waals surface area (Å²) in [4.78, 5) is 27.1. The Morgan fingerprint density at radius 2 is 1.81 bits per heavy atom. The van der Waals surface area contributed by atoms with Gasteiger partial charge in [-0.05, 0) is 24.1 Å². The second-order valence-corrected chi connectivity index (χ2v) is 7.02. The third kappa shape index (κ3) is 4.39. The lowest BCUT2D eigenvalue weighted by atomic mass is 10.1. The van der Waals surface area contributed by atoms with Crippen LogP contribution < -0.4 is 4.90 Å². The summed E-state index contributed by atoms with van der Waals surface area (Å²) in [5.41, 5.74) is 1.98. The number of anilines is 1. The molecule has 0 unspecified atom stereocenters. The second kappa shape index (κ2) is 8.56. The van der Waals surface area contributed by atoms with Crippen molar-refractivity contribution in [2.75, 3.05) is 18.6 Å². The first-order chi connectivity index (χ1) is 13.1. The fourth-order valence-electron chi connectivity index (χ4n) is 2.73. The summed E-state index contributed by atoms with van der Waals surface area (Å²) >= 11 is 1.37. The van der Waals surface area contributed by atoms with Crippen molar-refractivity contribution >= 4 is 29.2 Å². The van der Waals surface area contributed by atoms with E-state index in [2.05, 4.69) is 0 Å². The first kappa shape index (κ1) is 18.7. The monoisotopic (exact) mass is 378 g/mol. The van der Waals surface area contributed by atoms with Gasteiger partial charge in [-0.1, -0.05) is 54.2 Å². The third-order valence-corrected chi connectivity index (χ3v) is 5.40. The largest absolute Gasteiger partial charge is 0.457 e. The maximum atomic E-state index is 12.4. The number of rotatable bonds is 6. The number of thioether (sulfide) groups is 1. The van der Waals surface area contributed by atoms with Crippen LogP contribution in [-0.2, 0) is 20.7 Å². The Balaban J connectivity index is 1.60. The molecule has 136 valence electrons. The Morgan fingerprint density at radius 3 is 2.52 bits per heavy atom. The average Bonchev–Trinajstić information content (AvgIpc) is 3.03. The summed E-state index contributed by atoms with van der Waals surface area (Å²) in [6.07, 6.45) is 0.740. The van der Waals surface area contributed by atoms with Crippen LogP contribution in [0.5, 0.6) is 0 Å². The van der Waals surface area contributed by atoms with Crippen LogP contribution in [-0.4, -0.2) is 25.4 Å². The number of ether oxygens (including phenoxy) is 1. The number of para-hydroxylation sites is 1. The van der Waals surface area contributed by atoms with Crippen LogP contribution in [0.3, 0.4) is 0 Å².